The zero-order chi connectivity index (χ0) is 15.5. The van der Waals surface area contributed by atoms with E-state index in [1.54, 1.807) is 0 Å². The first-order chi connectivity index (χ1) is 9.87. The molecule has 0 spiro atoms. The van der Waals surface area contributed by atoms with E-state index in [1.165, 1.54) is 11.3 Å². The van der Waals surface area contributed by atoms with Crippen molar-refractivity contribution in [3.8, 4) is 0 Å². The van der Waals surface area contributed by atoms with Crippen molar-refractivity contribution in [2.75, 3.05) is 24.7 Å². The van der Waals surface area contributed by atoms with Crippen LogP contribution in [0.5, 0.6) is 0 Å². The van der Waals surface area contributed by atoms with Crippen molar-refractivity contribution in [2.24, 2.45) is 0 Å². The molecule has 21 heavy (non-hydrogen) atoms. The summed E-state index contributed by atoms with van der Waals surface area (Å²) in [6, 6.07) is 0. The minimum atomic E-state index is -3.14. The number of carboxylic acids is 1. The average Bonchev–Trinajstić information content (AvgIpc) is 2.79. The fraction of sp³-hybridized carbons (Fsp3) is 0.667. The van der Waals surface area contributed by atoms with Gasteiger partial charge in [-0.2, -0.15) is 0 Å². The fourth-order valence-corrected chi connectivity index (χ4v) is 3.88. The third kappa shape index (κ3) is 4.65. The summed E-state index contributed by atoms with van der Waals surface area (Å²) in [6.07, 6.45) is 4.17. The quantitative estimate of drug-likeness (QED) is 0.642. The summed E-state index contributed by atoms with van der Waals surface area (Å²) >= 11 is 1.50. The summed E-state index contributed by atoms with van der Waals surface area (Å²) in [5, 5.41) is 13.0. The Hall–Kier alpha value is -1.19. The summed E-state index contributed by atoms with van der Waals surface area (Å²) in [6.45, 7) is 0.960. The Morgan fingerprint density at radius 2 is 2.24 bits per heavy atom. The average molecular weight is 333 g/mol. The van der Waals surface area contributed by atoms with E-state index < -0.39 is 21.9 Å². The van der Waals surface area contributed by atoms with Gasteiger partial charge in [0.2, 0.25) is 10.0 Å². The molecule has 0 amide bonds. The van der Waals surface area contributed by atoms with Crippen LogP contribution in [0.4, 0.5) is 5.13 Å². The normalized spacial score (nSPS) is 18.2. The van der Waals surface area contributed by atoms with Crippen LogP contribution in [0, 0.1) is 0 Å². The third-order valence-corrected chi connectivity index (χ3v) is 5.06. The maximum Gasteiger partial charge on any atom is 0.312 e. The molecule has 0 saturated carbocycles. The van der Waals surface area contributed by atoms with Crippen LogP contribution in [0.15, 0.2) is 0 Å². The van der Waals surface area contributed by atoms with Crippen molar-refractivity contribution >= 4 is 32.5 Å². The standard InChI is InChI=1S/C12H19N3O4S2/c1-21(18,19)14-7-3-6-13-12-15-10-8(11(16)17)4-2-5-9(10)20-12/h8,14H,2-7H2,1H3,(H,13,15)(H,16,17). The Bertz CT molecular complexity index is 612. The number of rotatable bonds is 7. The van der Waals surface area contributed by atoms with Crippen LogP contribution in [0.2, 0.25) is 0 Å². The zero-order valence-corrected chi connectivity index (χ0v) is 13.4. The number of carboxylic acid groups (broad SMARTS) is 1. The number of aliphatic carboxylic acids is 1. The van der Waals surface area contributed by atoms with Crippen molar-refractivity contribution < 1.29 is 18.3 Å². The molecule has 1 aliphatic carbocycles. The fourth-order valence-electron chi connectivity index (χ4n) is 2.28. The van der Waals surface area contributed by atoms with Crippen LogP contribution in [0.25, 0.3) is 0 Å². The van der Waals surface area contributed by atoms with Gasteiger partial charge >= 0.3 is 5.97 Å². The second kappa shape index (κ2) is 6.71. The third-order valence-electron chi connectivity index (χ3n) is 3.25. The lowest BCUT2D eigenvalue weighted by Crippen LogP contribution is -2.24. The molecule has 1 aromatic heterocycles. The number of aryl methyl sites for hydroxylation is 1. The number of hydrogen-bond acceptors (Lipinski definition) is 6. The molecule has 3 N–H and O–H groups in total. The summed E-state index contributed by atoms with van der Waals surface area (Å²) in [5.74, 6) is -1.31. The topological polar surface area (TPSA) is 108 Å². The number of anilines is 1. The van der Waals surface area contributed by atoms with Crippen LogP contribution < -0.4 is 10.0 Å². The maximum atomic E-state index is 11.2. The van der Waals surface area contributed by atoms with Gasteiger partial charge in [-0.15, -0.1) is 11.3 Å². The summed E-state index contributed by atoms with van der Waals surface area (Å²) in [4.78, 5) is 16.6. The zero-order valence-electron chi connectivity index (χ0n) is 11.8. The van der Waals surface area contributed by atoms with Gasteiger partial charge in [0.05, 0.1) is 11.9 Å². The molecular formula is C12H19N3O4S2. The van der Waals surface area contributed by atoms with E-state index in [0.29, 0.717) is 36.8 Å². The van der Waals surface area contributed by atoms with Crippen molar-refractivity contribution in [2.45, 2.75) is 31.6 Å². The summed E-state index contributed by atoms with van der Waals surface area (Å²) < 4.78 is 24.2. The highest BCUT2D eigenvalue weighted by Crippen LogP contribution is 2.36. The number of nitrogens with one attached hydrogen (secondary N) is 2. The molecule has 0 saturated heterocycles. The van der Waals surface area contributed by atoms with E-state index in [4.69, 9.17) is 0 Å². The van der Waals surface area contributed by atoms with Gasteiger partial charge in [-0.05, 0) is 25.7 Å². The molecule has 0 aliphatic heterocycles. The summed E-state index contributed by atoms with van der Waals surface area (Å²) in [7, 11) is -3.14. The van der Waals surface area contributed by atoms with Gasteiger partial charge in [0.1, 0.15) is 5.92 Å². The van der Waals surface area contributed by atoms with Gasteiger partial charge in [-0.1, -0.05) is 0 Å². The Balaban J connectivity index is 1.87. The lowest BCUT2D eigenvalue weighted by Gasteiger charge is -2.16. The van der Waals surface area contributed by atoms with Gasteiger partial charge in [-0.25, -0.2) is 18.1 Å². The second-order valence-electron chi connectivity index (χ2n) is 5.06. The second-order valence-corrected chi connectivity index (χ2v) is 7.97. The van der Waals surface area contributed by atoms with Crippen LogP contribution in [-0.2, 0) is 21.2 Å². The molecule has 1 aromatic rings. The predicted molar refractivity (Wildman–Crippen MR) is 81.4 cm³/mol. The number of fused-ring (bicyclic) bond motifs is 1. The first kappa shape index (κ1) is 16.2. The highest BCUT2D eigenvalue weighted by atomic mass is 32.2. The number of carbonyl (C=O) groups is 1. The molecule has 0 aromatic carbocycles. The Morgan fingerprint density at radius 1 is 1.48 bits per heavy atom. The number of hydrogen-bond donors (Lipinski definition) is 3. The molecule has 0 fully saturated rings. The minimum absolute atomic E-state index is 0.370. The molecule has 2 rings (SSSR count). The van der Waals surface area contributed by atoms with Gasteiger partial charge in [0.15, 0.2) is 5.13 Å². The molecule has 1 aliphatic rings. The molecule has 9 heteroatoms. The van der Waals surface area contributed by atoms with Gasteiger partial charge in [0, 0.05) is 18.0 Å². The van der Waals surface area contributed by atoms with E-state index in [9.17, 15) is 18.3 Å². The van der Waals surface area contributed by atoms with E-state index in [2.05, 4.69) is 15.0 Å². The first-order valence-electron chi connectivity index (χ1n) is 6.78. The Morgan fingerprint density at radius 3 is 2.90 bits per heavy atom. The molecule has 0 radical (unpaired) electrons. The van der Waals surface area contributed by atoms with Crippen molar-refractivity contribution in [3.05, 3.63) is 10.6 Å². The lowest BCUT2D eigenvalue weighted by atomic mass is 9.91. The number of sulfonamides is 1. The smallest absolute Gasteiger partial charge is 0.312 e. The molecule has 1 unspecified atom stereocenters. The van der Waals surface area contributed by atoms with Crippen LogP contribution in [0.1, 0.15) is 35.8 Å². The number of thiazole rings is 1. The minimum Gasteiger partial charge on any atom is -0.481 e. The van der Waals surface area contributed by atoms with Gasteiger partial charge < -0.3 is 10.4 Å². The Labute approximate surface area is 127 Å². The monoisotopic (exact) mass is 333 g/mol. The maximum absolute atomic E-state index is 11.2. The molecule has 1 atom stereocenters. The molecular weight excluding hydrogens is 314 g/mol. The summed E-state index contributed by atoms with van der Waals surface area (Å²) in [5.41, 5.74) is 0.690. The van der Waals surface area contributed by atoms with Gasteiger partial charge in [0.25, 0.3) is 0 Å². The van der Waals surface area contributed by atoms with Crippen molar-refractivity contribution in [1.82, 2.24) is 9.71 Å². The highest BCUT2D eigenvalue weighted by Gasteiger charge is 2.29. The van der Waals surface area contributed by atoms with Crippen LogP contribution in [0.3, 0.4) is 0 Å². The molecule has 0 bridgehead atoms. The number of nitrogens with zero attached hydrogens (tertiary/aromatic N) is 1. The number of aromatic nitrogens is 1. The largest absolute Gasteiger partial charge is 0.481 e. The van der Waals surface area contributed by atoms with E-state index in [0.717, 1.165) is 24.0 Å². The highest BCUT2D eigenvalue weighted by molar-refractivity contribution is 7.88. The van der Waals surface area contributed by atoms with Crippen molar-refractivity contribution in [1.29, 1.82) is 0 Å². The van der Waals surface area contributed by atoms with Crippen LogP contribution in [-0.4, -0.2) is 43.8 Å². The molecule has 118 valence electrons. The van der Waals surface area contributed by atoms with E-state index in [-0.39, 0.29) is 0 Å². The van der Waals surface area contributed by atoms with Crippen LogP contribution >= 0.6 is 11.3 Å². The lowest BCUT2D eigenvalue weighted by molar-refractivity contribution is -0.139. The van der Waals surface area contributed by atoms with E-state index >= 15 is 0 Å². The molecule has 7 nitrogen and oxygen atoms in total. The molecule has 1 heterocycles. The Kier molecular flexibility index (Phi) is 5.17. The first-order valence-corrected chi connectivity index (χ1v) is 9.48. The predicted octanol–water partition coefficient (Wildman–Crippen LogP) is 0.999. The SMILES string of the molecule is CS(=O)(=O)NCCCNc1nc2c(s1)CCCC2C(=O)O. The van der Waals surface area contributed by atoms with Crippen molar-refractivity contribution in [3.63, 3.8) is 0 Å². The van der Waals surface area contributed by atoms with E-state index in [1.807, 2.05) is 0 Å². The van der Waals surface area contributed by atoms with Gasteiger partial charge in [-0.3, -0.25) is 4.79 Å².